The number of nitrogens with one attached hydrogen (secondary N) is 2. The zero-order valence-electron chi connectivity index (χ0n) is 15.8. The number of hydrogen-bond donors (Lipinski definition) is 2. The van der Waals surface area contributed by atoms with Crippen LogP contribution in [0.15, 0.2) is 40.3 Å². The highest BCUT2D eigenvalue weighted by Gasteiger charge is 2.17. The number of nitrogens with zero attached hydrogens (tertiary/aromatic N) is 2. The summed E-state index contributed by atoms with van der Waals surface area (Å²) in [6.07, 6.45) is 8.24. The van der Waals surface area contributed by atoms with Crippen LogP contribution >= 0.6 is 23.1 Å². The number of benzene rings is 1. The highest BCUT2D eigenvalue weighted by molar-refractivity contribution is 8.02. The van der Waals surface area contributed by atoms with Crippen LogP contribution in [0.2, 0.25) is 0 Å². The van der Waals surface area contributed by atoms with Crippen molar-refractivity contribution in [2.24, 2.45) is 0 Å². The number of allylic oxidation sites excluding steroid dienone is 1. The van der Waals surface area contributed by atoms with Crippen molar-refractivity contribution in [1.29, 1.82) is 0 Å². The van der Waals surface area contributed by atoms with E-state index in [1.165, 1.54) is 59.9 Å². The van der Waals surface area contributed by atoms with Gasteiger partial charge in [-0.3, -0.25) is 4.79 Å². The molecule has 0 unspecified atom stereocenters. The van der Waals surface area contributed by atoms with Crippen molar-refractivity contribution >= 4 is 39.8 Å². The fraction of sp³-hybridized carbons (Fsp3) is 0.450. The molecule has 3 rings (SSSR count). The SMILES string of the molecule is Cc1ccc(Nc2nnc(S[C@@H](C)C(=O)NCCC3=CCCCC3)s2)cc1. The van der Waals surface area contributed by atoms with Gasteiger partial charge in [-0.05, 0) is 58.1 Å². The van der Waals surface area contributed by atoms with Crippen molar-refractivity contribution in [1.82, 2.24) is 15.5 Å². The molecule has 0 radical (unpaired) electrons. The molecule has 0 spiro atoms. The standard InChI is InChI=1S/C20H26N4OS2/c1-14-8-10-17(11-9-14)22-19-23-24-20(27-19)26-15(2)18(25)21-13-12-16-6-4-3-5-7-16/h6,8-11,15H,3-5,7,12-13H2,1-2H3,(H,21,25)(H,22,23)/t15-/m0/s1. The van der Waals surface area contributed by atoms with Crippen molar-refractivity contribution in [3.8, 4) is 0 Å². The Labute approximate surface area is 169 Å². The summed E-state index contributed by atoms with van der Waals surface area (Å²) < 4.78 is 0.794. The van der Waals surface area contributed by atoms with Crippen LogP contribution in [0.1, 0.15) is 44.6 Å². The zero-order valence-corrected chi connectivity index (χ0v) is 17.5. The molecule has 1 aromatic heterocycles. The number of carbonyl (C=O) groups is 1. The van der Waals surface area contributed by atoms with Crippen LogP contribution in [-0.2, 0) is 4.79 Å². The lowest BCUT2D eigenvalue weighted by Gasteiger charge is -2.14. The molecule has 1 atom stereocenters. The van der Waals surface area contributed by atoms with Crippen LogP contribution in [-0.4, -0.2) is 27.9 Å². The first-order valence-electron chi connectivity index (χ1n) is 9.39. The molecule has 0 bridgehead atoms. The second-order valence-electron chi connectivity index (χ2n) is 6.77. The van der Waals surface area contributed by atoms with Crippen LogP contribution in [0, 0.1) is 6.92 Å². The molecule has 144 valence electrons. The average molecular weight is 403 g/mol. The van der Waals surface area contributed by atoms with E-state index in [0.717, 1.165) is 21.6 Å². The molecular formula is C20H26N4OS2. The first kappa shape index (κ1) is 19.9. The Hall–Kier alpha value is -1.86. The molecule has 2 aromatic rings. The summed E-state index contributed by atoms with van der Waals surface area (Å²) in [5, 5.41) is 15.2. The Kier molecular flexibility index (Phi) is 7.29. The van der Waals surface area contributed by atoms with E-state index < -0.39 is 0 Å². The largest absolute Gasteiger partial charge is 0.355 e. The van der Waals surface area contributed by atoms with E-state index in [-0.39, 0.29) is 11.2 Å². The normalized spacial score (nSPS) is 15.1. The van der Waals surface area contributed by atoms with E-state index in [9.17, 15) is 4.79 Å². The Bertz CT molecular complexity index is 786. The highest BCUT2D eigenvalue weighted by Crippen LogP contribution is 2.30. The Balaban J connectivity index is 1.43. The minimum atomic E-state index is -0.189. The van der Waals surface area contributed by atoms with Gasteiger partial charge in [0.2, 0.25) is 11.0 Å². The Morgan fingerprint density at radius 1 is 1.26 bits per heavy atom. The lowest BCUT2D eigenvalue weighted by Crippen LogP contribution is -2.31. The molecule has 0 aliphatic heterocycles. The van der Waals surface area contributed by atoms with Gasteiger partial charge in [0.25, 0.3) is 0 Å². The average Bonchev–Trinajstić information content (AvgIpc) is 3.11. The maximum absolute atomic E-state index is 12.3. The lowest BCUT2D eigenvalue weighted by molar-refractivity contribution is -0.120. The number of rotatable bonds is 8. The smallest absolute Gasteiger partial charge is 0.233 e. The van der Waals surface area contributed by atoms with Crippen LogP contribution in [0.5, 0.6) is 0 Å². The number of amides is 1. The van der Waals surface area contributed by atoms with Gasteiger partial charge in [0.05, 0.1) is 5.25 Å². The van der Waals surface area contributed by atoms with Crippen LogP contribution in [0.3, 0.4) is 0 Å². The summed E-state index contributed by atoms with van der Waals surface area (Å²) >= 11 is 2.91. The quantitative estimate of drug-likeness (QED) is 0.476. The molecular weight excluding hydrogens is 376 g/mol. The second kappa shape index (κ2) is 9.90. The van der Waals surface area contributed by atoms with E-state index in [1.807, 2.05) is 19.1 Å². The predicted molar refractivity (Wildman–Crippen MR) is 114 cm³/mol. The number of thioether (sulfide) groups is 1. The van der Waals surface area contributed by atoms with Crippen molar-refractivity contribution < 1.29 is 4.79 Å². The van der Waals surface area contributed by atoms with Crippen LogP contribution in [0.4, 0.5) is 10.8 Å². The van der Waals surface area contributed by atoms with Gasteiger partial charge >= 0.3 is 0 Å². The second-order valence-corrected chi connectivity index (χ2v) is 9.34. The molecule has 27 heavy (non-hydrogen) atoms. The van der Waals surface area contributed by atoms with Crippen molar-refractivity contribution in [2.75, 3.05) is 11.9 Å². The van der Waals surface area contributed by atoms with E-state index in [2.05, 4.69) is 46.0 Å². The highest BCUT2D eigenvalue weighted by atomic mass is 32.2. The van der Waals surface area contributed by atoms with Crippen molar-refractivity contribution in [3.63, 3.8) is 0 Å². The number of anilines is 2. The predicted octanol–water partition coefficient (Wildman–Crippen LogP) is 5.08. The van der Waals surface area contributed by atoms with Gasteiger partial charge in [-0.15, -0.1) is 10.2 Å². The monoisotopic (exact) mass is 402 g/mol. The summed E-state index contributed by atoms with van der Waals surface area (Å²) in [5.41, 5.74) is 3.68. The number of carbonyl (C=O) groups excluding carboxylic acids is 1. The third-order valence-electron chi connectivity index (χ3n) is 4.49. The van der Waals surface area contributed by atoms with Gasteiger partial charge in [-0.25, -0.2) is 0 Å². The van der Waals surface area contributed by atoms with Gasteiger partial charge in [0.15, 0.2) is 4.34 Å². The molecule has 1 heterocycles. The van der Waals surface area contributed by atoms with Crippen molar-refractivity contribution in [3.05, 3.63) is 41.5 Å². The van der Waals surface area contributed by atoms with Gasteiger partial charge < -0.3 is 10.6 Å². The van der Waals surface area contributed by atoms with Crippen molar-refractivity contribution in [2.45, 2.75) is 55.5 Å². The van der Waals surface area contributed by atoms with Gasteiger partial charge in [-0.2, -0.15) is 0 Å². The zero-order chi connectivity index (χ0) is 19.1. The molecule has 1 aliphatic carbocycles. The summed E-state index contributed by atoms with van der Waals surface area (Å²) in [4.78, 5) is 12.3. The Morgan fingerprint density at radius 3 is 2.81 bits per heavy atom. The molecule has 1 amide bonds. The molecule has 0 saturated heterocycles. The maximum Gasteiger partial charge on any atom is 0.233 e. The van der Waals surface area contributed by atoms with E-state index in [0.29, 0.717) is 6.54 Å². The van der Waals surface area contributed by atoms with Gasteiger partial charge in [0.1, 0.15) is 0 Å². The number of aryl methyl sites for hydroxylation is 1. The van der Waals surface area contributed by atoms with Crippen LogP contribution in [0.25, 0.3) is 0 Å². The van der Waals surface area contributed by atoms with E-state index in [1.54, 1.807) is 0 Å². The topological polar surface area (TPSA) is 66.9 Å². The third-order valence-corrected chi connectivity index (χ3v) is 6.51. The minimum absolute atomic E-state index is 0.0552. The number of hydrogen-bond acceptors (Lipinski definition) is 6. The summed E-state index contributed by atoms with van der Waals surface area (Å²) in [7, 11) is 0. The third kappa shape index (κ3) is 6.36. The molecule has 0 saturated carbocycles. The van der Waals surface area contributed by atoms with E-state index in [4.69, 9.17) is 0 Å². The molecule has 2 N–H and O–H groups in total. The van der Waals surface area contributed by atoms with Gasteiger partial charge in [-0.1, -0.05) is 52.4 Å². The molecule has 0 fully saturated rings. The molecule has 1 aliphatic rings. The molecule has 7 heteroatoms. The lowest BCUT2D eigenvalue weighted by atomic mass is 9.97. The van der Waals surface area contributed by atoms with Gasteiger partial charge in [0, 0.05) is 12.2 Å². The summed E-state index contributed by atoms with van der Waals surface area (Å²) in [5.74, 6) is 0.0552. The number of aromatic nitrogens is 2. The first-order valence-corrected chi connectivity index (χ1v) is 11.1. The first-order chi connectivity index (χ1) is 13.1. The summed E-state index contributed by atoms with van der Waals surface area (Å²) in [6.45, 7) is 4.68. The van der Waals surface area contributed by atoms with E-state index >= 15 is 0 Å². The maximum atomic E-state index is 12.3. The minimum Gasteiger partial charge on any atom is -0.355 e. The van der Waals surface area contributed by atoms with Crippen LogP contribution < -0.4 is 10.6 Å². The Morgan fingerprint density at radius 2 is 2.07 bits per heavy atom. The molecule has 5 nitrogen and oxygen atoms in total. The fourth-order valence-corrected chi connectivity index (χ4v) is 4.84. The summed E-state index contributed by atoms with van der Waals surface area (Å²) in [6, 6.07) is 8.13. The fourth-order valence-electron chi connectivity index (χ4n) is 2.89. The molecule has 1 aromatic carbocycles.